The molecule has 1 spiro atoms. The predicted molar refractivity (Wildman–Crippen MR) is 93.2 cm³/mol. The zero-order chi connectivity index (χ0) is 18.1. The van der Waals surface area contributed by atoms with E-state index < -0.39 is 5.60 Å². The lowest BCUT2D eigenvalue weighted by Gasteiger charge is -2.46. The first-order chi connectivity index (χ1) is 11.8. The number of likely N-dealkylation sites (tertiary alicyclic amines) is 2. The summed E-state index contributed by atoms with van der Waals surface area (Å²) in [6, 6.07) is 1.71. The van der Waals surface area contributed by atoms with Crippen molar-refractivity contribution < 1.29 is 14.3 Å². The third kappa shape index (κ3) is 4.14. The molecule has 7 heteroatoms. The molecule has 0 atom stereocenters. The predicted octanol–water partition coefficient (Wildman–Crippen LogP) is 2.66. The van der Waals surface area contributed by atoms with Crippen molar-refractivity contribution in [2.75, 3.05) is 26.2 Å². The van der Waals surface area contributed by atoms with Crippen LogP contribution in [0.5, 0.6) is 0 Å². The molecular formula is C18H28N4O3. The monoisotopic (exact) mass is 348 g/mol. The molecular weight excluding hydrogens is 320 g/mol. The largest absolute Gasteiger partial charge is 0.444 e. The number of piperidine rings is 2. The van der Waals surface area contributed by atoms with E-state index in [4.69, 9.17) is 4.74 Å². The van der Waals surface area contributed by atoms with Gasteiger partial charge in [-0.2, -0.15) is 5.10 Å². The maximum atomic E-state index is 12.4. The number of hydrogen-bond donors (Lipinski definition) is 1. The van der Waals surface area contributed by atoms with Gasteiger partial charge in [-0.15, -0.1) is 0 Å². The van der Waals surface area contributed by atoms with Crippen LogP contribution in [0, 0.1) is 5.41 Å². The Labute approximate surface area is 148 Å². The maximum absolute atomic E-state index is 12.4. The van der Waals surface area contributed by atoms with Crippen LogP contribution in [0.2, 0.25) is 0 Å². The lowest BCUT2D eigenvalue weighted by atomic mass is 9.71. The highest BCUT2D eigenvalue weighted by atomic mass is 16.6. The maximum Gasteiger partial charge on any atom is 0.410 e. The summed E-state index contributed by atoms with van der Waals surface area (Å²) < 4.78 is 5.47. The highest BCUT2D eigenvalue weighted by molar-refractivity contribution is 5.92. The van der Waals surface area contributed by atoms with Gasteiger partial charge in [-0.05, 0) is 57.9 Å². The molecule has 2 aliphatic rings. The molecule has 138 valence electrons. The highest BCUT2D eigenvalue weighted by Gasteiger charge is 2.40. The van der Waals surface area contributed by atoms with E-state index in [-0.39, 0.29) is 17.4 Å². The van der Waals surface area contributed by atoms with Crippen LogP contribution in [0.3, 0.4) is 0 Å². The first kappa shape index (κ1) is 17.8. The number of carbonyl (C=O) groups excluding carboxylic acids is 2. The lowest BCUT2D eigenvalue weighted by molar-refractivity contribution is -0.00119. The smallest absolute Gasteiger partial charge is 0.410 e. The standard InChI is InChI=1S/C18H28N4O3/c1-17(2,3)25-16(24)22-12-7-18(8-13-22)5-10-21(11-6-18)15(23)14-4-9-19-20-14/h4,9H,5-8,10-13H2,1-3H3,(H,19,20). The van der Waals surface area contributed by atoms with E-state index in [1.807, 2.05) is 30.6 Å². The van der Waals surface area contributed by atoms with Crippen LogP contribution in [0.4, 0.5) is 4.79 Å². The molecule has 2 aliphatic heterocycles. The van der Waals surface area contributed by atoms with E-state index in [1.165, 1.54) is 0 Å². The van der Waals surface area contributed by atoms with Crippen molar-refractivity contribution in [1.29, 1.82) is 0 Å². The van der Waals surface area contributed by atoms with Crippen molar-refractivity contribution in [1.82, 2.24) is 20.0 Å². The van der Waals surface area contributed by atoms with Crippen LogP contribution < -0.4 is 0 Å². The minimum absolute atomic E-state index is 0.0264. The Morgan fingerprint density at radius 1 is 1.08 bits per heavy atom. The number of nitrogens with one attached hydrogen (secondary N) is 1. The Kier molecular flexibility index (Phi) is 4.75. The van der Waals surface area contributed by atoms with Crippen LogP contribution in [0.15, 0.2) is 12.3 Å². The number of hydrogen-bond acceptors (Lipinski definition) is 4. The fourth-order valence-electron chi connectivity index (χ4n) is 3.72. The van der Waals surface area contributed by atoms with E-state index in [9.17, 15) is 9.59 Å². The van der Waals surface area contributed by atoms with Crippen molar-refractivity contribution >= 4 is 12.0 Å². The van der Waals surface area contributed by atoms with E-state index >= 15 is 0 Å². The van der Waals surface area contributed by atoms with Gasteiger partial charge < -0.3 is 14.5 Å². The summed E-state index contributed by atoms with van der Waals surface area (Å²) in [7, 11) is 0. The van der Waals surface area contributed by atoms with Crippen LogP contribution >= 0.6 is 0 Å². The van der Waals surface area contributed by atoms with Gasteiger partial charge in [0.25, 0.3) is 5.91 Å². The van der Waals surface area contributed by atoms with Crippen molar-refractivity contribution in [2.24, 2.45) is 5.41 Å². The van der Waals surface area contributed by atoms with Crippen molar-refractivity contribution in [3.05, 3.63) is 18.0 Å². The van der Waals surface area contributed by atoms with E-state index in [0.29, 0.717) is 5.69 Å². The summed E-state index contributed by atoms with van der Waals surface area (Å²) >= 11 is 0. The van der Waals surface area contributed by atoms with Crippen LogP contribution in [0.1, 0.15) is 56.9 Å². The molecule has 0 bridgehead atoms. The van der Waals surface area contributed by atoms with Crippen LogP contribution in [-0.4, -0.2) is 63.8 Å². The molecule has 0 saturated carbocycles. The molecule has 0 aliphatic carbocycles. The molecule has 2 saturated heterocycles. The van der Waals surface area contributed by atoms with Gasteiger partial charge in [0.15, 0.2) is 0 Å². The minimum Gasteiger partial charge on any atom is -0.444 e. The Morgan fingerprint density at radius 3 is 2.12 bits per heavy atom. The molecule has 2 amide bonds. The number of aromatic nitrogens is 2. The fourth-order valence-corrected chi connectivity index (χ4v) is 3.72. The molecule has 2 fully saturated rings. The summed E-state index contributed by atoms with van der Waals surface area (Å²) in [5.74, 6) is 0.0264. The Bertz CT molecular complexity index is 603. The van der Waals surface area contributed by atoms with Gasteiger partial charge in [0, 0.05) is 32.4 Å². The number of amides is 2. The molecule has 1 aromatic rings. The third-order valence-corrected chi connectivity index (χ3v) is 5.32. The van der Waals surface area contributed by atoms with Crippen LogP contribution in [-0.2, 0) is 4.74 Å². The van der Waals surface area contributed by atoms with Crippen LogP contribution in [0.25, 0.3) is 0 Å². The van der Waals surface area contributed by atoms with Gasteiger partial charge in [0.05, 0.1) is 0 Å². The number of nitrogens with zero attached hydrogens (tertiary/aromatic N) is 3. The van der Waals surface area contributed by atoms with Gasteiger partial charge in [0.1, 0.15) is 11.3 Å². The number of ether oxygens (including phenoxy) is 1. The summed E-state index contributed by atoms with van der Waals surface area (Å²) in [6.07, 6.45) is 5.35. The zero-order valence-corrected chi connectivity index (χ0v) is 15.4. The van der Waals surface area contributed by atoms with Gasteiger partial charge >= 0.3 is 6.09 Å². The van der Waals surface area contributed by atoms with E-state index in [1.54, 1.807) is 12.3 Å². The molecule has 0 unspecified atom stereocenters. The molecule has 7 nitrogen and oxygen atoms in total. The zero-order valence-electron chi connectivity index (χ0n) is 15.4. The first-order valence-corrected chi connectivity index (χ1v) is 9.05. The molecule has 1 aromatic heterocycles. The second kappa shape index (κ2) is 6.69. The Hall–Kier alpha value is -2.05. The summed E-state index contributed by atoms with van der Waals surface area (Å²) in [5.41, 5.74) is 0.351. The quantitative estimate of drug-likeness (QED) is 0.846. The second-order valence-electron chi connectivity index (χ2n) is 8.23. The highest BCUT2D eigenvalue weighted by Crippen LogP contribution is 2.41. The van der Waals surface area contributed by atoms with Crippen molar-refractivity contribution in [3.8, 4) is 0 Å². The average Bonchev–Trinajstić information content (AvgIpc) is 3.08. The van der Waals surface area contributed by atoms with Gasteiger partial charge in [-0.1, -0.05) is 0 Å². The molecule has 0 radical (unpaired) electrons. The lowest BCUT2D eigenvalue weighted by Crippen LogP contribution is -2.50. The topological polar surface area (TPSA) is 78.5 Å². The van der Waals surface area contributed by atoms with Gasteiger partial charge in [-0.3, -0.25) is 9.89 Å². The molecule has 3 heterocycles. The van der Waals surface area contributed by atoms with Crippen molar-refractivity contribution in [2.45, 2.75) is 52.1 Å². The summed E-state index contributed by atoms with van der Waals surface area (Å²) in [5, 5.41) is 6.59. The molecule has 25 heavy (non-hydrogen) atoms. The van der Waals surface area contributed by atoms with Gasteiger partial charge in [-0.25, -0.2) is 4.79 Å². The molecule has 1 N–H and O–H groups in total. The first-order valence-electron chi connectivity index (χ1n) is 9.05. The summed E-state index contributed by atoms with van der Waals surface area (Å²) in [4.78, 5) is 28.3. The SMILES string of the molecule is CC(C)(C)OC(=O)N1CCC2(CC1)CCN(C(=O)c1ccn[nH]1)CC2. The Balaban J connectivity index is 1.50. The fraction of sp³-hybridized carbons (Fsp3) is 0.722. The van der Waals surface area contributed by atoms with E-state index in [0.717, 1.165) is 51.9 Å². The van der Waals surface area contributed by atoms with Gasteiger partial charge in [0.2, 0.25) is 0 Å². The normalized spacial score (nSPS) is 20.6. The second-order valence-corrected chi connectivity index (χ2v) is 8.23. The Morgan fingerprint density at radius 2 is 1.64 bits per heavy atom. The average molecular weight is 348 g/mol. The summed E-state index contributed by atoms with van der Waals surface area (Å²) in [6.45, 7) is 8.69. The van der Waals surface area contributed by atoms with E-state index in [2.05, 4.69) is 10.2 Å². The number of H-pyrrole nitrogens is 1. The number of carbonyl (C=O) groups is 2. The third-order valence-electron chi connectivity index (χ3n) is 5.32. The minimum atomic E-state index is -0.454. The number of rotatable bonds is 1. The molecule has 0 aromatic carbocycles. The van der Waals surface area contributed by atoms with Crippen molar-refractivity contribution in [3.63, 3.8) is 0 Å². The molecule has 3 rings (SSSR count). The number of aromatic amines is 1.